The molecule has 0 aromatic heterocycles. The van der Waals surface area contributed by atoms with Gasteiger partial charge in [-0.1, -0.05) is 97.1 Å². The second-order valence-electron chi connectivity index (χ2n) is 30.1. The number of phenols is 4. The number of hydrogen-bond acceptors (Lipinski definition) is 24. The molecule has 0 radical (unpaired) electrons. The molecule has 0 spiro atoms. The quantitative estimate of drug-likeness (QED) is 0.0261. The number of benzene rings is 12. The number of phenolic OH excluding ortho intramolecular Hbond substituents is 4. The first kappa shape index (κ1) is 86.6. The molecule has 0 unspecified atom stereocenters. The minimum atomic E-state index is -0.534. The van der Waals surface area contributed by atoms with E-state index in [-0.39, 0.29) is 101 Å². The standard InChI is InChI=1S/C100H92N4O20/c1-117-93(109)69-25-9-61(10-26-69)53-101(54-62-11-27-70(28-12-62)94(110)118-2)85-45-77-41-79-47-86(102(55-63-13-29-71(30-14-63)95(111)119-3)56-64-15-31-72(32-16-64)96(112)120-4)49-81(90(79)106)43-83-51-88(104(59-67-21-37-75(38-22-67)99(115)123-7)60-68-23-39-76(40-24-68)100(116)124-8)52-84(92(83)108)44-82-50-87(48-80(91(82)107)42-78(46-85)89(77)105)103(57-65-17-33-73(34-18-65)97(113)121-5)58-66-19-35-74(36-20-66)98(114)122-6/h9-40,45-52,105-108H,41-44,53-60H2,1-8H3. The highest BCUT2D eigenvalue weighted by atomic mass is 16.5. The van der Waals surface area contributed by atoms with Gasteiger partial charge in [0.2, 0.25) is 0 Å². The first-order valence-corrected chi connectivity index (χ1v) is 39.7. The van der Waals surface area contributed by atoms with Crippen LogP contribution in [0.1, 0.15) is 172 Å². The molecule has 1 aliphatic carbocycles. The summed E-state index contributed by atoms with van der Waals surface area (Å²) in [5.41, 5.74) is 13.4. The molecule has 632 valence electrons. The Morgan fingerprint density at radius 2 is 0.306 bits per heavy atom. The highest BCUT2D eigenvalue weighted by Gasteiger charge is 2.28. The van der Waals surface area contributed by atoms with Crippen LogP contribution in [0.15, 0.2) is 243 Å². The lowest BCUT2D eigenvalue weighted by molar-refractivity contribution is 0.0592. The number of carbonyl (C=O) groups is 8. The van der Waals surface area contributed by atoms with Crippen molar-refractivity contribution in [2.45, 2.75) is 78.0 Å². The molecule has 24 heteroatoms. The van der Waals surface area contributed by atoms with Gasteiger partial charge < -0.3 is 77.9 Å². The number of nitrogens with zero attached hydrogens (tertiary/aromatic N) is 4. The van der Waals surface area contributed by atoms with E-state index in [1.165, 1.54) is 56.9 Å². The van der Waals surface area contributed by atoms with Crippen molar-refractivity contribution in [1.82, 2.24) is 0 Å². The fourth-order valence-electron chi connectivity index (χ4n) is 15.2. The molecule has 0 amide bonds. The van der Waals surface area contributed by atoms with Crippen molar-refractivity contribution < 1.29 is 96.7 Å². The first-order chi connectivity index (χ1) is 59.9. The maximum atomic E-state index is 13.6. The topological polar surface area (TPSA) is 304 Å². The molecule has 0 atom stereocenters. The number of rotatable bonds is 28. The summed E-state index contributed by atoms with van der Waals surface area (Å²) in [6.07, 6.45) is -0.692. The Morgan fingerprint density at radius 3 is 0.403 bits per heavy atom. The minimum Gasteiger partial charge on any atom is -0.507 e. The van der Waals surface area contributed by atoms with E-state index in [4.69, 9.17) is 37.9 Å². The van der Waals surface area contributed by atoms with Crippen LogP contribution in [-0.4, -0.2) is 125 Å². The molecule has 0 fully saturated rings. The summed E-state index contributed by atoms with van der Waals surface area (Å²) in [4.78, 5) is 112. The highest BCUT2D eigenvalue weighted by Crippen LogP contribution is 2.45. The van der Waals surface area contributed by atoms with Gasteiger partial charge in [-0.15, -0.1) is 0 Å². The van der Waals surface area contributed by atoms with Crippen molar-refractivity contribution in [1.29, 1.82) is 0 Å². The van der Waals surface area contributed by atoms with Crippen LogP contribution < -0.4 is 19.6 Å². The van der Waals surface area contributed by atoms with Crippen molar-refractivity contribution in [2.75, 3.05) is 76.5 Å². The molecular weight excluding hydrogens is 1580 g/mol. The predicted octanol–water partition coefficient (Wildman–Crippen LogP) is 16.3. The van der Waals surface area contributed by atoms with Crippen LogP contribution in [0.4, 0.5) is 22.7 Å². The van der Waals surface area contributed by atoms with Crippen molar-refractivity contribution in [2.24, 2.45) is 0 Å². The minimum absolute atomic E-state index is 0.173. The number of anilines is 4. The van der Waals surface area contributed by atoms with Gasteiger partial charge in [0.15, 0.2) is 0 Å². The Hall–Kier alpha value is -15.2. The molecule has 0 saturated carbocycles. The summed E-state index contributed by atoms with van der Waals surface area (Å²) < 4.78 is 40.7. The molecule has 24 nitrogen and oxygen atoms in total. The van der Waals surface area contributed by atoms with Crippen LogP contribution in [0.5, 0.6) is 23.0 Å². The Morgan fingerprint density at radius 1 is 0.202 bits per heavy atom. The van der Waals surface area contributed by atoms with E-state index in [1.54, 1.807) is 97.1 Å². The molecule has 12 aromatic carbocycles. The first-order valence-electron chi connectivity index (χ1n) is 39.7. The van der Waals surface area contributed by atoms with Gasteiger partial charge in [0.05, 0.1) is 101 Å². The van der Waals surface area contributed by atoms with Crippen LogP contribution in [0, 0.1) is 0 Å². The highest BCUT2D eigenvalue weighted by molar-refractivity contribution is 5.93. The SMILES string of the molecule is COC(=O)c1ccc(CN(Cc2ccc(C(=O)OC)cc2)c2cc3c(O)c(c2)Cc2cc(N(Cc4ccc(C(=O)OC)cc4)Cc4ccc(C(=O)OC)cc4)cc(c2O)Cc2cc(N(Cc4ccc(C(=O)OC)cc4)Cc4ccc(C(=O)OC)cc4)cc(c2O)Cc2cc(N(Cc4ccc(C(=O)OC)cc4)Cc4ccc(C(=O)OC)cc4)cc(c2O)C3)cc1. The number of ether oxygens (including phenoxy) is 8. The van der Waals surface area contributed by atoms with Crippen LogP contribution in [0.2, 0.25) is 0 Å². The van der Waals surface area contributed by atoms with Crippen LogP contribution in [0.3, 0.4) is 0 Å². The molecular formula is C100H92N4O20. The molecule has 0 aliphatic heterocycles. The zero-order valence-electron chi connectivity index (χ0n) is 69.7. The predicted molar refractivity (Wildman–Crippen MR) is 465 cm³/mol. The van der Waals surface area contributed by atoms with Gasteiger partial charge in [0.1, 0.15) is 23.0 Å². The normalized spacial score (nSPS) is 11.4. The molecule has 124 heavy (non-hydrogen) atoms. The number of carbonyl (C=O) groups excluding carboxylic acids is 8. The Kier molecular flexibility index (Phi) is 27.5. The van der Waals surface area contributed by atoms with E-state index in [0.29, 0.717) is 112 Å². The zero-order valence-corrected chi connectivity index (χ0v) is 69.7. The van der Waals surface area contributed by atoms with Gasteiger partial charge in [0.25, 0.3) is 0 Å². The maximum Gasteiger partial charge on any atom is 0.337 e. The summed E-state index contributed by atoms with van der Waals surface area (Å²) >= 11 is 0. The van der Waals surface area contributed by atoms with Crippen molar-refractivity contribution >= 4 is 70.5 Å². The van der Waals surface area contributed by atoms with Crippen LogP contribution in [0.25, 0.3) is 0 Å². The lowest BCUT2D eigenvalue weighted by atomic mass is 9.89. The summed E-state index contributed by atoms with van der Waals surface area (Å²) in [5.74, 6) is -5.02. The third kappa shape index (κ3) is 20.6. The number of fused-ring (bicyclic) bond motifs is 8. The zero-order chi connectivity index (χ0) is 87.8. The summed E-state index contributed by atoms with van der Waals surface area (Å²) in [6, 6.07) is 70.4. The van der Waals surface area contributed by atoms with Gasteiger partial charge >= 0.3 is 47.8 Å². The molecule has 8 bridgehead atoms. The van der Waals surface area contributed by atoms with E-state index >= 15 is 0 Å². The average Bonchev–Trinajstić information content (AvgIpc) is 0.768. The van der Waals surface area contributed by atoms with Crippen molar-refractivity contribution in [3.8, 4) is 23.0 Å². The molecule has 4 N–H and O–H groups in total. The second kappa shape index (κ2) is 39.3. The summed E-state index contributed by atoms with van der Waals surface area (Å²) in [7, 11) is 10.4. The molecule has 1 aliphatic rings. The van der Waals surface area contributed by atoms with Gasteiger partial charge in [0, 0.05) is 145 Å². The van der Waals surface area contributed by atoms with E-state index in [2.05, 4.69) is 19.6 Å². The largest absolute Gasteiger partial charge is 0.507 e. The molecule has 12 aromatic rings. The van der Waals surface area contributed by atoms with Gasteiger partial charge in [-0.05, 0) is 190 Å². The second-order valence-corrected chi connectivity index (χ2v) is 30.1. The summed E-state index contributed by atoms with van der Waals surface area (Å²) in [5, 5.41) is 54.3. The smallest absolute Gasteiger partial charge is 0.337 e. The third-order valence-corrected chi connectivity index (χ3v) is 22.0. The Bertz CT molecular complexity index is 4870. The molecule has 13 rings (SSSR count). The van der Waals surface area contributed by atoms with E-state index in [9.17, 15) is 58.8 Å². The van der Waals surface area contributed by atoms with E-state index in [0.717, 1.165) is 44.5 Å². The summed E-state index contributed by atoms with van der Waals surface area (Å²) in [6.45, 7) is 1.52. The van der Waals surface area contributed by atoms with Crippen molar-refractivity contribution in [3.63, 3.8) is 0 Å². The maximum absolute atomic E-state index is 13.6. The fraction of sp³-hybridized carbons (Fsp3) is 0.200. The number of esters is 8. The Labute approximate surface area is 717 Å². The average molecular weight is 1670 g/mol. The lowest BCUT2D eigenvalue weighted by Gasteiger charge is -2.30. The van der Waals surface area contributed by atoms with Crippen LogP contribution in [-0.2, 0) is 116 Å². The van der Waals surface area contributed by atoms with Gasteiger partial charge in [-0.2, -0.15) is 0 Å². The molecule has 0 heterocycles. The third-order valence-electron chi connectivity index (χ3n) is 22.0. The Balaban J connectivity index is 1.08. The van der Waals surface area contributed by atoms with Crippen molar-refractivity contribution in [3.05, 3.63) is 376 Å². The van der Waals surface area contributed by atoms with E-state index < -0.39 is 47.8 Å². The van der Waals surface area contributed by atoms with Gasteiger partial charge in [-0.25, -0.2) is 38.4 Å². The number of methoxy groups -OCH3 is 8. The number of aromatic hydroxyl groups is 4. The molecule has 0 saturated heterocycles. The van der Waals surface area contributed by atoms with Crippen LogP contribution >= 0.6 is 0 Å². The lowest BCUT2D eigenvalue weighted by Crippen LogP contribution is -2.23. The fourth-order valence-corrected chi connectivity index (χ4v) is 15.2. The monoisotopic (exact) mass is 1670 g/mol. The van der Waals surface area contributed by atoms with Gasteiger partial charge in [-0.3, -0.25) is 0 Å². The van der Waals surface area contributed by atoms with E-state index in [1.807, 2.05) is 146 Å². The number of hydrogen-bond donors (Lipinski definition) is 4.